The summed E-state index contributed by atoms with van der Waals surface area (Å²) >= 11 is 6.00. The number of ether oxygens (including phenoxy) is 1. The summed E-state index contributed by atoms with van der Waals surface area (Å²) in [6.45, 7) is 9.92. The third-order valence-corrected chi connectivity index (χ3v) is 3.95. The maximum absolute atomic E-state index is 12.0. The maximum atomic E-state index is 12.0. The second-order valence-corrected chi connectivity index (χ2v) is 8.75. The molecule has 0 spiro atoms. The number of hydrogen-bond donors (Lipinski definition) is 3. The van der Waals surface area contributed by atoms with E-state index < -0.39 is 17.2 Å². The van der Waals surface area contributed by atoms with Crippen LogP contribution in [0.15, 0.2) is 33.8 Å². The molecule has 1 aromatic carbocycles. The maximum Gasteiger partial charge on any atom is 0.408 e. The fourth-order valence-electron chi connectivity index (χ4n) is 2.38. The number of halogens is 1. The Morgan fingerprint density at radius 1 is 1.23 bits per heavy atom. The highest BCUT2D eigenvalue weighted by atomic mass is 35.5. The molecule has 0 aliphatic rings. The summed E-state index contributed by atoms with van der Waals surface area (Å²) in [4.78, 5) is 20.5. The first-order valence-corrected chi connectivity index (χ1v) is 9.89. The van der Waals surface area contributed by atoms with E-state index in [0.717, 1.165) is 5.56 Å². The molecule has 1 amide bonds. The minimum atomic E-state index is -0.565. The number of nitrogens with zero attached hydrogens (tertiary/aromatic N) is 3. The number of nitrogens with one attached hydrogen (secondary N) is 3. The quantitative estimate of drug-likeness (QED) is 0.470. The molecular weight excluding hydrogens is 408 g/mol. The molecule has 0 bridgehead atoms. The van der Waals surface area contributed by atoms with Crippen molar-refractivity contribution in [3.05, 3.63) is 35.2 Å². The van der Waals surface area contributed by atoms with Crippen molar-refractivity contribution >= 4 is 23.7 Å². The lowest BCUT2D eigenvalue weighted by molar-refractivity contribution is 0.0474. The molecule has 2 aromatic rings. The van der Waals surface area contributed by atoms with Crippen LogP contribution in [0.2, 0.25) is 5.02 Å². The molecule has 164 valence electrons. The fourth-order valence-corrected chi connectivity index (χ4v) is 2.57. The topological polar surface area (TPSA) is 114 Å². The van der Waals surface area contributed by atoms with Gasteiger partial charge in [-0.2, -0.15) is 4.98 Å². The van der Waals surface area contributed by atoms with E-state index in [1.165, 1.54) is 0 Å². The molecule has 30 heavy (non-hydrogen) atoms. The van der Waals surface area contributed by atoms with Crippen molar-refractivity contribution in [3.8, 4) is 11.4 Å². The van der Waals surface area contributed by atoms with Crippen molar-refractivity contribution in [1.82, 2.24) is 26.1 Å². The summed E-state index contributed by atoms with van der Waals surface area (Å²) < 4.78 is 10.6. The summed E-state index contributed by atoms with van der Waals surface area (Å²) in [5.74, 6) is 1.38. The van der Waals surface area contributed by atoms with Crippen molar-refractivity contribution in [1.29, 1.82) is 0 Å². The first kappa shape index (κ1) is 23.5. The summed E-state index contributed by atoms with van der Waals surface area (Å²) in [6, 6.07) is 7.23. The van der Waals surface area contributed by atoms with Crippen molar-refractivity contribution in [3.63, 3.8) is 0 Å². The number of benzene rings is 1. The van der Waals surface area contributed by atoms with Gasteiger partial charge in [0.05, 0.1) is 12.1 Å². The van der Waals surface area contributed by atoms with Crippen LogP contribution in [-0.4, -0.2) is 46.9 Å². The van der Waals surface area contributed by atoms with E-state index in [9.17, 15) is 4.79 Å². The average Bonchev–Trinajstić information content (AvgIpc) is 3.08. The summed E-state index contributed by atoms with van der Waals surface area (Å²) in [7, 11) is 1.65. The molecule has 3 N–H and O–H groups in total. The Bertz CT molecular complexity index is 889. The molecule has 0 aliphatic carbocycles. The van der Waals surface area contributed by atoms with Gasteiger partial charge < -0.3 is 25.2 Å². The number of amides is 1. The van der Waals surface area contributed by atoms with Gasteiger partial charge in [-0.05, 0) is 46.8 Å². The van der Waals surface area contributed by atoms with E-state index in [4.69, 9.17) is 20.9 Å². The smallest absolute Gasteiger partial charge is 0.408 e. The van der Waals surface area contributed by atoms with Crippen LogP contribution in [0.1, 0.15) is 40.5 Å². The van der Waals surface area contributed by atoms with Gasteiger partial charge in [0.1, 0.15) is 5.60 Å². The molecule has 0 aliphatic heterocycles. The Labute approximate surface area is 181 Å². The molecule has 10 heteroatoms. The van der Waals surface area contributed by atoms with Gasteiger partial charge in [-0.25, -0.2) is 4.79 Å². The average molecular weight is 437 g/mol. The first-order valence-electron chi connectivity index (χ1n) is 9.52. The minimum absolute atomic E-state index is 0.285. The van der Waals surface area contributed by atoms with Crippen LogP contribution >= 0.6 is 11.6 Å². The molecule has 0 atom stereocenters. The van der Waals surface area contributed by atoms with E-state index in [1.54, 1.807) is 19.2 Å². The second kappa shape index (κ2) is 9.80. The SMILES string of the molecule is CN=C(NCc1nc(-c2cccc(Cl)c2)no1)NCC(C)(C)NC(=O)OC(C)(C)C. The standard InChI is InChI=1S/C20H29ClN6O3/c1-19(2,3)29-18(28)26-20(4,5)12-24-17(22-6)23-11-15-25-16(27-30-15)13-8-7-9-14(21)10-13/h7-10H,11-12H2,1-6H3,(H,26,28)(H2,22,23,24). The highest BCUT2D eigenvalue weighted by Gasteiger charge is 2.24. The molecule has 0 radical (unpaired) electrons. The minimum Gasteiger partial charge on any atom is -0.444 e. The van der Waals surface area contributed by atoms with Crippen molar-refractivity contribution in [2.75, 3.05) is 13.6 Å². The van der Waals surface area contributed by atoms with E-state index in [2.05, 4.69) is 31.1 Å². The Morgan fingerprint density at radius 2 is 1.97 bits per heavy atom. The van der Waals surface area contributed by atoms with Gasteiger partial charge in [0.25, 0.3) is 0 Å². The number of alkyl carbamates (subject to hydrolysis) is 1. The van der Waals surface area contributed by atoms with Gasteiger partial charge in [-0.3, -0.25) is 4.99 Å². The van der Waals surface area contributed by atoms with Gasteiger partial charge in [-0.15, -0.1) is 0 Å². The lowest BCUT2D eigenvalue weighted by Gasteiger charge is -2.29. The molecular formula is C20H29ClN6O3. The predicted octanol–water partition coefficient (Wildman–Crippen LogP) is 3.36. The molecule has 0 fully saturated rings. The van der Waals surface area contributed by atoms with Gasteiger partial charge in [0.15, 0.2) is 5.96 Å². The molecule has 0 saturated heterocycles. The van der Waals surface area contributed by atoms with E-state index in [-0.39, 0.29) is 6.54 Å². The van der Waals surface area contributed by atoms with Crippen LogP contribution in [0.4, 0.5) is 4.79 Å². The molecule has 2 rings (SSSR count). The van der Waals surface area contributed by atoms with Gasteiger partial charge in [0.2, 0.25) is 11.7 Å². The van der Waals surface area contributed by atoms with Crippen LogP contribution < -0.4 is 16.0 Å². The van der Waals surface area contributed by atoms with E-state index in [1.807, 2.05) is 46.8 Å². The van der Waals surface area contributed by atoms with Gasteiger partial charge in [-0.1, -0.05) is 28.9 Å². The Hall–Kier alpha value is -2.81. The van der Waals surface area contributed by atoms with Crippen molar-refractivity contribution in [2.45, 2.75) is 52.3 Å². The van der Waals surface area contributed by atoms with Gasteiger partial charge >= 0.3 is 6.09 Å². The molecule has 9 nitrogen and oxygen atoms in total. The zero-order chi connectivity index (χ0) is 22.4. The van der Waals surface area contributed by atoms with Crippen molar-refractivity contribution in [2.24, 2.45) is 4.99 Å². The lowest BCUT2D eigenvalue weighted by Crippen LogP contribution is -2.54. The number of carbonyl (C=O) groups is 1. The Balaban J connectivity index is 1.86. The predicted molar refractivity (Wildman–Crippen MR) is 116 cm³/mol. The summed E-state index contributed by atoms with van der Waals surface area (Å²) in [6.07, 6.45) is -0.475. The molecule has 0 saturated carbocycles. The second-order valence-electron chi connectivity index (χ2n) is 8.31. The monoisotopic (exact) mass is 436 g/mol. The Kier molecular flexibility index (Phi) is 7.66. The number of guanidine groups is 1. The normalized spacial score (nSPS) is 12.4. The summed E-state index contributed by atoms with van der Waals surface area (Å²) in [5.41, 5.74) is -0.349. The number of rotatable bonds is 6. The fraction of sp³-hybridized carbons (Fsp3) is 0.500. The summed E-state index contributed by atoms with van der Waals surface area (Å²) in [5, 5.41) is 13.7. The largest absolute Gasteiger partial charge is 0.444 e. The first-order chi connectivity index (χ1) is 14.0. The van der Waals surface area contributed by atoms with E-state index in [0.29, 0.717) is 29.2 Å². The highest BCUT2D eigenvalue weighted by Crippen LogP contribution is 2.19. The molecule has 1 aromatic heterocycles. The molecule has 1 heterocycles. The van der Waals surface area contributed by atoms with Crippen molar-refractivity contribution < 1.29 is 14.1 Å². The van der Waals surface area contributed by atoms with Crippen LogP contribution in [0.5, 0.6) is 0 Å². The number of aromatic nitrogens is 2. The third-order valence-electron chi connectivity index (χ3n) is 3.72. The van der Waals surface area contributed by atoms with Crippen LogP contribution in [0, 0.1) is 0 Å². The third kappa shape index (κ3) is 7.90. The van der Waals surface area contributed by atoms with Gasteiger partial charge in [0, 0.05) is 24.2 Å². The zero-order valence-electron chi connectivity index (χ0n) is 18.2. The molecule has 0 unspecified atom stereocenters. The number of hydrogen-bond acceptors (Lipinski definition) is 6. The number of aliphatic imine (C=N–C) groups is 1. The van der Waals surface area contributed by atoms with E-state index >= 15 is 0 Å². The lowest BCUT2D eigenvalue weighted by atomic mass is 10.1. The Morgan fingerprint density at radius 3 is 2.60 bits per heavy atom. The highest BCUT2D eigenvalue weighted by molar-refractivity contribution is 6.30. The zero-order valence-corrected chi connectivity index (χ0v) is 18.9. The number of carbonyl (C=O) groups excluding carboxylic acids is 1. The van der Waals surface area contributed by atoms with Crippen LogP contribution in [0.3, 0.4) is 0 Å². The van der Waals surface area contributed by atoms with Crippen LogP contribution in [-0.2, 0) is 11.3 Å². The van der Waals surface area contributed by atoms with Crippen LogP contribution in [0.25, 0.3) is 11.4 Å².